The van der Waals surface area contributed by atoms with Gasteiger partial charge in [-0.3, -0.25) is 0 Å². The highest BCUT2D eigenvalue weighted by Gasteiger charge is 2.25. The van der Waals surface area contributed by atoms with Crippen molar-refractivity contribution in [3.05, 3.63) is 66.5 Å². The van der Waals surface area contributed by atoms with Crippen LogP contribution in [0.15, 0.2) is 60.7 Å². The first-order chi connectivity index (χ1) is 13.7. The Kier molecular flexibility index (Phi) is 16.7. The van der Waals surface area contributed by atoms with Crippen LogP contribution in [0.4, 0.5) is 0 Å². The van der Waals surface area contributed by atoms with Crippen molar-refractivity contribution >= 4 is 0 Å². The first kappa shape index (κ1) is 27.9. The Balaban J connectivity index is 0. The predicted octanol–water partition coefficient (Wildman–Crippen LogP) is 7.60. The summed E-state index contributed by atoms with van der Waals surface area (Å²) in [7, 11) is 4.26. The maximum Gasteiger partial charge on any atom is 0.253 e. The van der Waals surface area contributed by atoms with Crippen LogP contribution in [-0.4, -0.2) is 4.57 Å². The molecule has 2 nitrogen and oxygen atoms in total. The van der Waals surface area contributed by atoms with Gasteiger partial charge in [-0.25, -0.2) is 9.13 Å². The minimum absolute atomic E-state index is 1.24. The molecule has 0 amide bonds. The van der Waals surface area contributed by atoms with Gasteiger partial charge in [0.1, 0.15) is 0 Å². The molecule has 0 unspecified atom stereocenters. The summed E-state index contributed by atoms with van der Waals surface area (Å²) in [6.45, 7) is 18.2. The van der Waals surface area contributed by atoms with Gasteiger partial charge in [0.15, 0.2) is 11.4 Å². The second-order valence-electron chi connectivity index (χ2n) is 5.09. The lowest BCUT2D eigenvalue weighted by molar-refractivity contribution is -0.666. The lowest BCUT2D eigenvalue weighted by Gasteiger charge is -2.02. The Morgan fingerprint density at radius 1 is 0.607 bits per heavy atom. The van der Waals surface area contributed by atoms with Crippen molar-refractivity contribution in [3.8, 4) is 22.5 Å². The van der Waals surface area contributed by atoms with Crippen LogP contribution in [-0.2, 0) is 14.1 Å². The van der Waals surface area contributed by atoms with E-state index >= 15 is 0 Å². The van der Waals surface area contributed by atoms with Gasteiger partial charge in [-0.1, -0.05) is 116 Å². The molecule has 0 spiro atoms. The van der Waals surface area contributed by atoms with Crippen molar-refractivity contribution in [2.24, 2.45) is 14.1 Å². The number of nitrogens with zero attached hydrogens (tertiary/aromatic N) is 2. The Hall–Kier alpha value is -2.35. The molecule has 28 heavy (non-hydrogen) atoms. The van der Waals surface area contributed by atoms with Gasteiger partial charge in [0.25, 0.3) is 5.82 Å². The molecule has 0 bridgehead atoms. The SMILES string of the molecule is CC.CC.CC.CC.Cc1n(C)c(-c2ccccc2)c(-c2ccccc2)[n+]1C. The van der Waals surface area contributed by atoms with E-state index in [0.717, 1.165) is 0 Å². The summed E-state index contributed by atoms with van der Waals surface area (Å²) in [5, 5.41) is 0. The number of aromatic nitrogens is 2. The zero-order valence-corrected chi connectivity index (χ0v) is 20.2. The Labute approximate surface area is 174 Å². The van der Waals surface area contributed by atoms with Crippen molar-refractivity contribution in [2.45, 2.75) is 62.3 Å². The molecule has 0 saturated heterocycles. The monoisotopic (exact) mass is 383 g/mol. The molecule has 0 aliphatic carbocycles. The van der Waals surface area contributed by atoms with Gasteiger partial charge in [-0.15, -0.1) is 0 Å². The van der Waals surface area contributed by atoms with Crippen molar-refractivity contribution in [1.82, 2.24) is 4.57 Å². The Bertz CT molecular complexity index is 663. The van der Waals surface area contributed by atoms with Gasteiger partial charge < -0.3 is 0 Å². The number of hydrogen-bond donors (Lipinski definition) is 0. The molecule has 0 aliphatic rings. The van der Waals surface area contributed by atoms with E-state index in [1.54, 1.807) is 0 Å². The van der Waals surface area contributed by atoms with Crippen molar-refractivity contribution < 1.29 is 4.57 Å². The number of rotatable bonds is 2. The Morgan fingerprint density at radius 2 is 0.964 bits per heavy atom. The van der Waals surface area contributed by atoms with E-state index in [4.69, 9.17) is 0 Å². The summed E-state index contributed by atoms with van der Waals surface area (Å²) in [4.78, 5) is 0. The standard InChI is InChI=1S/C18H19N2.4C2H6/c1-14-19(2)17(15-10-6-4-7-11-15)18(20(14)3)16-12-8-5-9-13-16;4*1-2/h4-13H,1-3H3;4*1-2H3/q+1;;;;. The molecule has 3 rings (SSSR count). The van der Waals surface area contributed by atoms with Gasteiger partial charge in [0, 0.05) is 18.1 Å². The van der Waals surface area contributed by atoms with Crippen molar-refractivity contribution in [2.75, 3.05) is 0 Å². The lowest BCUT2D eigenvalue weighted by Crippen LogP contribution is -2.32. The molecule has 3 aromatic rings. The number of hydrogen-bond acceptors (Lipinski definition) is 0. The van der Waals surface area contributed by atoms with Gasteiger partial charge >= 0.3 is 0 Å². The summed E-state index contributed by atoms with van der Waals surface area (Å²) in [6.07, 6.45) is 0. The molecule has 2 aromatic carbocycles. The predicted molar refractivity (Wildman–Crippen MR) is 128 cm³/mol. The van der Waals surface area contributed by atoms with Crippen LogP contribution >= 0.6 is 0 Å². The number of imidazole rings is 1. The molecule has 1 heterocycles. The van der Waals surface area contributed by atoms with Gasteiger partial charge in [0.05, 0.1) is 14.1 Å². The molecule has 0 N–H and O–H groups in total. The molecule has 0 atom stereocenters. The molecule has 0 radical (unpaired) electrons. The average Bonchev–Trinajstić information content (AvgIpc) is 3.04. The fourth-order valence-corrected chi connectivity index (χ4v) is 2.72. The second-order valence-corrected chi connectivity index (χ2v) is 5.09. The molecule has 0 fully saturated rings. The van der Waals surface area contributed by atoms with Gasteiger partial charge in [-0.05, 0) is 0 Å². The van der Waals surface area contributed by atoms with E-state index in [1.807, 2.05) is 55.4 Å². The third kappa shape index (κ3) is 6.99. The highest BCUT2D eigenvalue weighted by molar-refractivity contribution is 5.76. The normalized spacial score (nSPS) is 8.54. The smallest absolute Gasteiger partial charge is 0.230 e. The molecule has 0 aliphatic heterocycles. The summed E-state index contributed by atoms with van der Waals surface area (Å²) >= 11 is 0. The van der Waals surface area contributed by atoms with Crippen molar-refractivity contribution in [3.63, 3.8) is 0 Å². The van der Waals surface area contributed by atoms with Crippen LogP contribution in [0.25, 0.3) is 22.5 Å². The third-order valence-electron chi connectivity index (χ3n) is 3.96. The molecule has 0 saturated carbocycles. The fraction of sp³-hybridized carbons (Fsp3) is 0.423. The maximum atomic E-state index is 2.26. The average molecular weight is 384 g/mol. The van der Waals surface area contributed by atoms with Crippen LogP contribution in [0.1, 0.15) is 61.2 Å². The minimum Gasteiger partial charge on any atom is -0.230 e. The summed E-state index contributed by atoms with van der Waals surface area (Å²) in [5.74, 6) is 1.24. The molecule has 2 heteroatoms. The highest BCUT2D eigenvalue weighted by atomic mass is 15.1. The zero-order valence-electron chi connectivity index (χ0n) is 20.2. The summed E-state index contributed by atoms with van der Waals surface area (Å²) in [5.41, 5.74) is 5.02. The van der Waals surface area contributed by atoms with Gasteiger partial charge in [0.2, 0.25) is 0 Å². The maximum absolute atomic E-state index is 2.26. The molecular weight excluding hydrogens is 340 g/mol. The van der Waals surface area contributed by atoms with Gasteiger partial charge in [-0.2, -0.15) is 0 Å². The quantitative estimate of drug-likeness (QED) is 0.403. The van der Waals surface area contributed by atoms with Crippen LogP contribution in [0.5, 0.6) is 0 Å². The minimum atomic E-state index is 1.24. The van der Waals surface area contributed by atoms with Crippen molar-refractivity contribution in [1.29, 1.82) is 0 Å². The van der Waals surface area contributed by atoms with E-state index in [1.165, 1.54) is 28.3 Å². The van der Waals surface area contributed by atoms with Crippen LogP contribution in [0, 0.1) is 6.92 Å². The van der Waals surface area contributed by atoms with E-state index in [2.05, 4.69) is 90.8 Å². The zero-order chi connectivity index (χ0) is 22.1. The third-order valence-corrected chi connectivity index (χ3v) is 3.96. The Morgan fingerprint density at radius 3 is 1.36 bits per heavy atom. The molecule has 1 aromatic heterocycles. The second kappa shape index (κ2) is 16.8. The van der Waals surface area contributed by atoms with Crippen LogP contribution in [0.2, 0.25) is 0 Å². The first-order valence-electron chi connectivity index (χ1n) is 10.9. The molecule has 156 valence electrons. The van der Waals surface area contributed by atoms with E-state index in [9.17, 15) is 0 Å². The van der Waals surface area contributed by atoms with E-state index in [0.29, 0.717) is 0 Å². The lowest BCUT2D eigenvalue weighted by atomic mass is 10.0. The van der Waals surface area contributed by atoms with E-state index < -0.39 is 0 Å². The van der Waals surface area contributed by atoms with Crippen LogP contribution < -0.4 is 4.57 Å². The first-order valence-corrected chi connectivity index (χ1v) is 10.9. The number of benzene rings is 2. The van der Waals surface area contributed by atoms with Crippen LogP contribution in [0.3, 0.4) is 0 Å². The molecular formula is C26H43N2+. The fourth-order valence-electron chi connectivity index (χ4n) is 2.72. The largest absolute Gasteiger partial charge is 0.253 e. The summed E-state index contributed by atoms with van der Waals surface area (Å²) in [6, 6.07) is 21.1. The topological polar surface area (TPSA) is 8.81 Å². The summed E-state index contributed by atoms with van der Waals surface area (Å²) < 4.78 is 4.52. The highest BCUT2D eigenvalue weighted by Crippen LogP contribution is 2.30. The van der Waals surface area contributed by atoms with E-state index in [-0.39, 0.29) is 0 Å².